The lowest BCUT2D eigenvalue weighted by Gasteiger charge is -2.49. The summed E-state index contributed by atoms with van der Waals surface area (Å²) in [5.41, 5.74) is 13.8. The Balaban J connectivity index is 1.09. The number of ether oxygens (including phenoxy) is 1. The summed E-state index contributed by atoms with van der Waals surface area (Å²) in [6.07, 6.45) is 8.49. The second-order valence-corrected chi connectivity index (χ2v) is 27.6. The molecule has 2 unspecified atom stereocenters. The zero-order valence-corrected chi connectivity index (χ0v) is 46.0. The van der Waals surface area contributed by atoms with Crippen molar-refractivity contribution in [2.24, 2.45) is 11.8 Å². The number of benzene rings is 10. The van der Waals surface area contributed by atoms with Crippen molar-refractivity contribution in [3.63, 3.8) is 0 Å². The number of hydrogen-bond acceptors (Lipinski definition) is 4. The maximum absolute atomic E-state index is 7.68. The zero-order chi connectivity index (χ0) is 52.6. The third kappa shape index (κ3) is 7.96. The summed E-state index contributed by atoms with van der Waals surface area (Å²) < 4.78 is 22.7. The zero-order valence-electron chi connectivity index (χ0n) is 44.3. The molecule has 378 valence electrons. The first-order chi connectivity index (χ1) is 38.2. The topological polar surface area (TPSA) is 30.9 Å². The maximum atomic E-state index is 7.68. The van der Waals surface area contributed by atoms with Gasteiger partial charge in [-0.2, -0.15) is 0 Å². The van der Waals surface area contributed by atoms with E-state index in [0.717, 1.165) is 89.0 Å². The van der Waals surface area contributed by atoms with Crippen LogP contribution in [0.5, 0.6) is 23.0 Å². The average Bonchev–Trinajstić information content (AvgIpc) is 4.39. The van der Waals surface area contributed by atoms with Gasteiger partial charge in [0.1, 0.15) is 32.7 Å². The Morgan fingerprint density at radius 1 is 0.436 bits per heavy atom. The molecule has 14 rings (SSSR count). The predicted octanol–water partition coefficient (Wildman–Crippen LogP) is 16.9. The molecule has 1 fully saturated rings. The number of fused-ring (bicyclic) bond motifs is 9. The molecule has 2 aliphatic heterocycles. The second kappa shape index (κ2) is 19.0. The van der Waals surface area contributed by atoms with Crippen molar-refractivity contribution in [1.82, 2.24) is 0 Å². The molecule has 0 radical (unpaired) electrons. The predicted molar refractivity (Wildman–Crippen MR) is 327 cm³/mol. The third-order valence-corrected chi connectivity index (χ3v) is 23.0. The van der Waals surface area contributed by atoms with Gasteiger partial charge in [0.05, 0.1) is 30.1 Å². The van der Waals surface area contributed by atoms with Crippen LogP contribution in [-0.2, 0) is 5.41 Å². The molecule has 0 amide bonds. The van der Waals surface area contributed by atoms with E-state index in [-0.39, 0.29) is 0 Å². The Morgan fingerprint density at radius 2 is 0.846 bits per heavy atom. The highest BCUT2D eigenvalue weighted by Gasteiger charge is 2.54. The first-order valence-electron chi connectivity index (χ1n) is 27.1. The van der Waals surface area contributed by atoms with Gasteiger partial charge in [-0.3, -0.25) is 0 Å². The van der Waals surface area contributed by atoms with Crippen molar-refractivity contribution < 1.29 is 13.8 Å². The summed E-state index contributed by atoms with van der Waals surface area (Å²) in [6, 6.07) is 88.0. The molecule has 78 heavy (non-hydrogen) atoms. The first-order valence-corrected chi connectivity index (χ1v) is 31.4. The van der Waals surface area contributed by atoms with Crippen LogP contribution in [0.4, 0.5) is 11.4 Å². The lowest BCUT2D eigenvalue weighted by molar-refractivity contribution is 0.430. The fourth-order valence-corrected chi connectivity index (χ4v) is 17.6. The van der Waals surface area contributed by atoms with Crippen LogP contribution < -0.4 is 39.9 Å². The minimum Gasteiger partial charge on any atom is -0.457 e. The lowest BCUT2D eigenvalue weighted by atomic mass is 9.60. The highest BCUT2D eigenvalue weighted by atomic mass is 31.2. The molecule has 4 aliphatic rings. The van der Waals surface area contributed by atoms with Gasteiger partial charge in [0.25, 0.3) is 15.0 Å². The van der Waals surface area contributed by atoms with E-state index in [2.05, 4.69) is 293 Å². The van der Waals surface area contributed by atoms with Crippen molar-refractivity contribution in [3.05, 3.63) is 300 Å². The van der Waals surface area contributed by atoms with Crippen LogP contribution in [0.1, 0.15) is 39.8 Å². The number of nitrogens with zero attached hydrogens (tertiary/aromatic N) is 1. The van der Waals surface area contributed by atoms with Crippen molar-refractivity contribution in [1.29, 1.82) is 0 Å². The van der Waals surface area contributed by atoms with Crippen LogP contribution in [0.15, 0.2) is 267 Å². The summed E-state index contributed by atoms with van der Waals surface area (Å²) >= 11 is 0. The summed E-state index contributed by atoms with van der Waals surface area (Å²) in [5, 5.41) is 4.65. The summed E-state index contributed by atoms with van der Waals surface area (Å²) in [5.74, 6) is 4.22. The average molecular weight is 1050 g/mol. The molecule has 2 heterocycles. The number of hydrogen-bond donors (Lipinski definition) is 0. The van der Waals surface area contributed by atoms with E-state index in [0.29, 0.717) is 11.8 Å². The normalized spacial score (nSPS) is 16.4. The van der Waals surface area contributed by atoms with Gasteiger partial charge >= 0.3 is 0 Å². The van der Waals surface area contributed by atoms with Crippen LogP contribution in [0.2, 0.25) is 0 Å². The van der Waals surface area contributed by atoms with E-state index in [1.807, 2.05) is 0 Å². The molecule has 0 N–H and O–H groups in total. The Hall–Kier alpha value is -8.26. The van der Waals surface area contributed by atoms with E-state index < -0.39 is 20.4 Å². The number of anilines is 2. The fourth-order valence-electron chi connectivity index (χ4n) is 12.6. The first kappa shape index (κ1) is 48.1. The van der Waals surface area contributed by atoms with Crippen LogP contribution in [0.3, 0.4) is 0 Å². The fraction of sp³-hybridized carbons (Fsp3) is 0.111. The highest BCUT2D eigenvalue weighted by molar-refractivity contribution is 7.85. The van der Waals surface area contributed by atoms with Gasteiger partial charge in [-0.25, -0.2) is 0 Å². The Labute approximate surface area is 459 Å². The van der Waals surface area contributed by atoms with Gasteiger partial charge in [0.15, 0.2) is 11.5 Å². The maximum Gasteiger partial charge on any atom is 0.252 e. The quantitative estimate of drug-likeness (QED) is 0.121. The molecular weight excluding hydrogens is 989 g/mol. The molecule has 10 aromatic carbocycles. The lowest BCUT2D eigenvalue weighted by Crippen LogP contribution is -2.41. The molecule has 4 nitrogen and oxygen atoms in total. The van der Waals surface area contributed by atoms with Crippen molar-refractivity contribution in [2.75, 3.05) is 18.2 Å². The Morgan fingerprint density at radius 3 is 1.26 bits per heavy atom. The van der Waals surface area contributed by atoms with Crippen molar-refractivity contribution >= 4 is 47.6 Å². The largest absolute Gasteiger partial charge is 0.457 e. The summed E-state index contributed by atoms with van der Waals surface area (Å²) in [7, 11) is -4.98. The molecule has 2 aliphatic carbocycles. The van der Waals surface area contributed by atoms with Gasteiger partial charge in [-0.15, -0.1) is 0 Å². The van der Waals surface area contributed by atoms with Crippen molar-refractivity contribution in [3.8, 4) is 45.3 Å². The highest BCUT2D eigenvalue weighted by Crippen LogP contribution is 2.66. The van der Waals surface area contributed by atoms with Gasteiger partial charge < -0.3 is 18.7 Å². The minimum absolute atomic E-state index is 0.521. The van der Waals surface area contributed by atoms with Crippen molar-refractivity contribution in [2.45, 2.75) is 25.7 Å². The van der Waals surface area contributed by atoms with Crippen LogP contribution >= 0.6 is 15.0 Å². The van der Waals surface area contributed by atoms with Crippen LogP contribution in [0, 0.1) is 25.7 Å². The van der Waals surface area contributed by atoms with E-state index >= 15 is 0 Å². The second-order valence-electron chi connectivity index (χ2n) is 21.5. The van der Waals surface area contributed by atoms with E-state index in [1.54, 1.807) is 0 Å². The molecule has 6 heteroatoms. The molecule has 1 spiro atoms. The monoisotopic (exact) mass is 1050 g/mol. The Kier molecular flexibility index (Phi) is 11.7. The van der Waals surface area contributed by atoms with E-state index in [9.17, 15) is 0 Å². The number of rotatable bonds is 11. The molecule has 1 saturated carbocycles. The molecular formula is C72H59NO3P2+2. The molecule has 2 atom stereocenters. The van der Waals surface area contributed by atoms with Gasteiger partial charge in [0.2, 0.25) is 0 Å². The van der Waals surface area contributed by atoms with Crippen LogP contribution in [0.25, 0.3) is 22.3 Å². The van der Waals surface area contributed by atoms with Gasteiger partial charge in [0, 0.05) is 16.8 Å². The standard InChI is InChI=1S/C72H59NO3P2/c1-49-21-17-19-31-62(49)52-34-39-68-64(45-52)72(65-46-53(63-32-20-18-22-50(63)2)35-40-69(65)73(68)55-36-33-51-43-54(51)44-55)66-47-56(75-77(3,58-23-9-5-10-24-58)59-25-11-6-12-26-59)37-41-70(66)74-71-42-38-57(48-67(71)72)76-78(4,60-27-13-7-14-28-60)61-29-15-8-16-30-61/h5-42,44-48,51,54H,43H2,1-4H3/q+2. The molecule has 10 aromatic rings. The number of aryl methyl sites for hydroxylation is 2. The number of allylic oxidation sites excluding steroid dienone is 3. The Bertz CT molecular complexity index is 3690. The molecule has 0 bridgehead atoms. The van der Waals surface area contributed by atoms with Gasteiger partial charge in [-0.1, -0.05) is 146 Å². The van der Waals surface area contributed by atoms with Gasteiger partial charge in [-0.05, 0) is 192 Å². The summed E-state index contributed by atoms with van der Waals surface area (Å²) in [4.78, 5) is 2.54. The molecule has 0 aromatic heterocycles. The van der Waals surface area contributed by atoms with E-state index in [1.165, 1.54) is 34.4 Å². The van der Waals surface area contributed by atoms with E-state index in [4.69, 9.17) is 13.8 Å². The SMILES string of the molecule is Cc1ccccc1-c1ccc2c(c1)C1(c3cc(O[P+](C)(c4ccccc4)c4ccccc4)ccc3Oc3ccc(O[P+](C)(c4ccccc4)c4ccccc4)cc31)c1cc(-c3ccccc3C)ccc1N2C1=CC2CC2C=C1. The molecule has 0 saturated heterocycles. The summed E-state index contributed by atoms with van der Waals surface area (Å²) in [6.45, 7) is 9.03. The van der Waals surface area contributed by atoms with Crippen LogP contribution in [-0.4, -0.2) is 13.3 Å². The smallest absolute Gasteiger partial charge is 0.252 e. The minimum atomic E-state index is -2.49. The third-order valence-electron chi connectivity index (χ3n) is 16.7.